The zero-order valence-corrected chi connectivity index (χ0v) is 14.1. The van der Waals surface area contributed by atoms with Crippen LogP contribution in [-0.2, 0) is 4.79 Å². The molecule has 0 spiro atoms. The van der Waals surface area contributed by atoms with Gasteiger partial charge in [-0.05, 0) is 31.5 Å². The average Bonchev–Trinajstić information content (AvgIpc) is 2.54. The normalized spacial score (nSPS) is 16.3. The molecule has 1 fully saturated rings. The van der Waals surface area contributed by atoms with Crippen molar-refractivity contribution in [2.24, 2.45) is 5.92 Å². The van der Waals surface area contributed by atoms with Crippen LogP contribution in [0.25, 0.3) is 0 Å². The fourth-order valence-electron chi connectivity index (χ4n) is 3.02. The van der Waals surface area contributed by atoms with E-state index in [1.807, 2.05) is 16.7 Å². The van der Waals surface area contributed by atoms with Gasteiger partial charge in [-0.15, -0.1) is 0 Å². The first kappa shape index (κ1) is 17.4. The number of carbonyl (C=O) groups is 2. The molecule has 2 rings (SSSR count). The molecule has 1 amide bonds. The Morgan fingerprint density at radius 2 is 1.87 bits per heavy atom. The predicted molar refractivity (Wildman–Crippen MR) is 89.3 cm³/mol. The summed E-state index contributed by atoms with van der Waals surface area (Å²) in [5.41, 5.74) is 0.886. The van der Waals surface area contributed by atoms with Crippen LogP contribution in [0, 0.1) is 11.7 Å². The minimum atomic E-state index is -0.378. The lowest BCUT2D eigenvalue weighted by Crippen LogP contribution is -2.50. The minimum Gasteiger partial charge on any atom is -0.366 e. The highest BCUT2D eigenvalue weighted by Crippen LogP contribution is 2.23. The molecule has 1 aliphatic rings. The van der Waals surface area contributed by atoms with Crippen molar-refractivity contribution in [1.29, 1.82) is 0 Å². The number of benzene rings is 1. The van der Waals surface area contributed by atoms with Gasteiger partial charge < -0.3 is 9.80 Å². The third-order valence-electron chi connectivity index (χ3n) is 4.43. The first-order valence-electron chi connectivity index (χ1n) is 8.28. The van der Waals surface area contributed by atoms with Crippen molar-refractivity contribution in [3.05, 3.63) is 29.6 Å². The van der Waals surface area contributed by atoms with Gasteiger partial charge in [-0.1, -0.05) is 20.3 Å². The van der Waals surface area contributed by atoms with E-state index in [4.69, 9.17) is 0 Å². The van der Waals surface area contributed by atoms with E-state index in [9.17, 15) is 14.0 Å². The number of hydrogen-bond acceptors (Lipinski definition) is 3. The molecule has 0 N–H and O–H groups in total. The number of piperazine rings is 1. The number of carbonyl (C=O) groups excluding carboxylic acids is 2. The highest BCUT2D eigenvalue weighted by molar-refractivity contribution is 5.94. The summed E-state index contributed by atoms with van der Waals surface area (Å²) in [6.07, 6.45) is 1.90. The number of anilines is 1. The summed E-state index contributed by atoms with van der Waals surface area (Å²) in [5.74, 6) is -0.273. The molecule has 4 nitrogen and oxygen atoms in total. The van der Waals surface area contributed by atoms with Crippen LogP contribution < -0.4 is 4.90 Å². The molecule has 0 aromatic heterocycles. The highest BCUT2D eigenvalue weighted by Gasteiger charge is 2.25. The Kier molecular flexibility index (Phi) is 5.74. The van der Waals surface area contributed by atoms with Crippen molar-refractivity contribution in [2.75, 3.05) is 31.1 Å². The second-order valence-corrected chi connectivity index (χ2v) is 6.22. The van der Waals surface area contributed by atoms with Crippen molar-refractivity contribution in [3.8, 4) is 0 Å². The molecule has 1 saturated heterocycles. The van der Waals surface area contributed by atoms with Crippen LogP contribution in [0.1, 0.15) is 44.0 Å². The second kappa shape index (κ2) is 7.57. The lowest BCUT2D eigenvalue weighted by Gasteiger charge is -2.37. The SMILES string of the molecule is CCCC(C)C(=O)N1CCN(c2ccc(C(C)=O)cc2F)CC1. The quantitative estimate of drug-likeness (QED) is 0.783. The molecule has 1 aliphatic heterocycles. The van der Waals surface area contributed by atoms with Crippen molar-refractivity contribution in [1.82, 2.24) is 4.90 Å². The molecular weight excluding hydrogens is 295 g/mol. The van der Waals surface area contributed by atoms with Gasteiger partial charge in [-0.25, -0.2) is 4.39 Å². The number of ketones is 1. The van der Waals surface area contributed by atoms with Crippen LogP contribution >= 0.6 is 0 Å². The van der Waals surface area contributed by atoms with E-state index in [2.05, 4.69) is 6.92 Å². The Balaban J connectivity index is 1.99. The maximum atomic E-state index is 14.2. The van der Waals surface area contributed by atoms with Crippen LogP contribution in [-0.4, -0.2) is 42.8 Å². The molecule has 1 unspecified atom stereocenters. The molecule has 0 radical (unpaired) electrons. The van der Waals surface area contributed by atoms with Crippen molar-refractivity contribution >= 4 is 17.4 Å². The first-order valence-corrected chi connectivity index (χ1v) is 8.28. The van der Waals surface area contributed by atoms with E-state index >= 15 is 0 Å². The molecule has 1 aromatic rings. The minimum absolute atomic E-state index is 0.0538. The summed E-state index contributed by atoms with van der Waals surface area (Å²) in [6, 6.07) is 4.60. The highest BCUT2D eigenvalue weighted by atomic mass is 19.1. The Morgan fingerprint density at radius 3 is 2.39 bits per heavy atom. The Morgan fingerprint density at radius 1 is 1.22 bits per heavy atom. The maximum Gasteiger partial charge on any atom is 0.225 e. The van der Waals surface area contributed by atoms with Gasteiger partial charge >= 0.3 is 0 Å². The van der Waals surface area contributed by atoms with Gasteiger partial charge in [0.1, 0.15) is 5.82 Å². The maximum absolute atomic E-state index is 14.2. The van der Waals surface area contributed by atoms with Crippen LogP contribution in [0.2, 0.25) is 0 Å². The zero-order valence-electron chi connectivity index (χ0n) is 14.1. The Bertz CT molecular complexity index is 580. The van der Waals surface area contributed by atoms with E-state index < -0.39 is 0 Å². The average molecular weight is 320 g/mol. The number of amides is 1. The standard InChI is InChI=1S/C18H25FN2O2/c1-4-5-13(2)18(23)21-10-8-20(9-11-21)17-7-6-15(14(3)22)12-16(17)19/h6-7,12-13H,4-5,8-11H2,1-3H3. The van der Waals surface area contributed by atoms with E-state index in [1.54, 1.807) is 12.1 Å². The summed E-state index contributed by atoms with van der Waals surface area (Å²) < 4.78 is 14.2. The molecule has 1 aromatic carbocycles. The summed E-state index contributed by atoms with van der Waals surface area (Å²) in [4.78, 5) is 27.4. The molecule has 1 heterocycles. The van der Waals surface area contributed by atoms with Gasteiger partial charge in [-0.2, -0.15) is 0 Å². The Hall–Kier alpha value is -1.91. The van der Waals surface area contributed by atoms with Gasteiger partial charge in [0.05, 0.1) is 5.69 Å². The molecule has 5 heteroatoms. The number of nitrogens with zero attached hydrogens (tertiary/aromatic N) is 2. The number of Topliss-reactive ketones (excluding diaryl/α,β-unsaturated/α-hetero) is 1. The Labute approximate surface area is 137 Å². The fourth-order valence-corrected chi connectivity index (χ4v) is 3.02. The summed E-state index contributed by atoms with van der Waals surface area (Å²) in [7, 11) is 0. The van der Waals surface area contributed by atoms with Crippen LogP contribution in [0.15, 0.2) is 18.2 Å². The van der Waals surface area contributed by atoms with E-state index in [0.29, 0.717) is 37.4 Å². The monoisotopic (exact) mass is 320 g/mol. The van der Waals surface area contributed by atoms with Crippen molar-refractivity contribution in [3.63, 3.8) is 0 Å². The van der Waals surface area contributed by atoms with Crippen LogP contribution in [0.4, 0.5) is 10.1 Å². The zero-order chi connectivity index (χ0) is 17.0. The third-order valence-corrected chi connectivity index (χ3v) is 4.43. The third kappa shape index (κ3) is 4.09. The molecule has 1 atom stereocenters. The molecule has 0 saturated carbocycles. The number of hydrogen-bond donors (Lipinski definition) is 0. The van der Waals surface area contributed by atoms with Gasteiger partial charge in [0, 0.05) is 37.7 Å². The summed E-state index contributed by atoms with van der Waals surface area (Å²) >= 11 is 0. The summed E-state index contributed by atoms with van der Waals surface area (Å²) in [6.45, 7) is 7.92. The molecule has 126 valence electrons. The lowest BCUT2D eigenvalue weighted by molar-refractivity contribution is -0.135. The lowest BCUT2D eigenvalue weighted by atomic mass is 10.0. The molecule has 0 bridgehead atoms. The molecular formula is C18H25FN2O2. The van der Waals surface area contributed by atoms with Crippen LogP contribution in [0.5, 0.6) is 0 Å². The van der Waals surface area contributed by atoms with Crippen molar-refractivity contribution < 1.29 is 14.0 Å². The predicted octanol–water partition coefficient (Wildman–Crippen LogP) is 3.11. The largest absolute Gasteiger partial charge is 0.366 e. The van der Waals surface area contributed by atoms with E-state index in [0.717, 1.165) is 12.8 Å². The topological polar surface area (TPSA) is 40.6 Å². The fraction of sp³-hybridized carbons (Fsp3) is 0.556. The first-order chi connectivity index (χ1) is 10.9. The number of halogens is 1. The van der Waals surface area contributed by atoms with E-state index in [-0.39, 0.29) is 23.4 Å². The van der Waals surface area contributed by atoms with E-state index in [1.165, 1.54) is 13.0 Å². The van der Waals surface area contributed by atoms with Crippen LogP contribution in [0.3, 0.4) is 0 Å². The van der Waals surface area contributed by atoms with Gasteiger partial charge in [-0.3, -0.25) is 9.59 Å². The number of rotatable bonds is 5. The molecule has 0 aliphatic carbocycles. The van der Waals surface area contributed by atoms with Crippen molar-refractivity contribution in [2.45, 2.75) is 33.6 Å². The molecule has 23 heavy (non-hydrogen) atoms. The smallest absolute Gasteiger partial charge is 0.225 e. The van der Waals surface area contributed by atoms with Gasteiger partial charge in [0.25, 0.3) is 0 Å². The second-order valence-electron chi connectivity index (χ2n) is 6.22. The summed E-state index contributed by atoms with van der Waals surface area (Å²) in [5, 5.41) is 0. The van der Waals surface area contributed by atoms with Gasteiger partial charge in [0.2, 0.25) is 5.91 Å². The van der Waals surface area contributed by atoms with Gasteiger partial charge in [0.15, 0.2) is 5.78 Å².